The molecule has 6 nitrogen and oxygen atoms in total. The van der Waals surface area contributed by atoms with Crippen molar-refractivity contribution in [2.45, 2.75) is 51.5 Å². The number of carbonyl (C=O) groups is 2. The van der Waals surface area contributed by atoms with E-state index in [0.29, 0.717) is 24.6 Å². The molecule has 0 spiro atoms. The molecule has 1 aliphatic heterocycles. The van der Waals surface area contributed by atoms with Crippen LogP contribution in [0.2, 0.25) is 0 Å². The van der Waals surface area contributed by atoms with Gasteiger partial charge in [-0.2, -0.15) is 5.10 Å². The van der Waals surface area contributed by atoms with E-state index in [0.717, 1.165) is 18.5 Å². The molecule has 0 saturated carbocycles. The SMILES string of the molecule is CC(C)c1cc(NC(=O)[C@H]2CCCCC(=O)N2)n[nH]1. The molecule has 1 atom stereocenters. The zero-order valence-corrected chi connectivity index (χ0v) is 11.3. The predicted molar refractivity (Wildman–Crippen MR) is 71.7 cm³/mol. The monoisotopic (exact) mass is 264 g/mol. The lowest BCUT2D eigenvalue weighted by Gasteiger charge is -2.14. The first-order valence-corrected chi connectivity index (χ1v) is 6.72. The summed E-state index contributed by atoms with van der Waals surface area (Å²) in [6.45, 7) is 4.09. The second-order valence-electron chi connectivity index (χ2n) is 5.22. The Morgan fingerprint density at radius 1 is 1.47 bits per heavy atom. The average Bonchev–Trinajstić information content (AvgIpc) is 2.71. The summed E-state index contributed by atoms with van der Waals surface area (Å²) in [5.41, 5.74) is 0.972. The van der Waals surface area contributed by atoms with Gasteiger partial charge in [0.15, 0.2) is 5.82 Å². The maximum Gasteiger partial charge on any atom is 0.248 e. The third kappa shape index (κ3) is 3.56. The lowest BCUT2D eigenvalue weighted by Crippen LogP contribution is -2.42. The maximum absolute atomic E-state index is 12.1. The topological polar surface area (TPSA) is 86.9 Å². The van der Waals surface area contributed by atoms with E-state index in [1.165, 1.54) is 0 Å². The number of anilines is 1. The van der Waals surface area contributed by atoms with Gasteiger partial charge in [0.1, 0.15) is 6.04 Å². The fraction of sp³-hybridized carbons (Fsp3) is 0.615. The minimum Gasteiger partial charge on any atom is -0.344 e. The number of hydrogen-bond acceptors (Lipinski definition) is 3. The van der Waals surface area contributed by atoms with Crippen LogP contribution in [0.1, 0.15) is 51.1 Å². The Morgan fingerprint density at radius 3 is 2.95 bits per heavy atom. The standard InChI is InChI=1S/C13H20N4O2/c1-8(2)10-7-11(17-16-10)15-13(19)9-5-3-4-6-12(18)14-9/h7-9H,3-6H2,1-2H3,(H,14,18)(H2,15,16,17,19)/t9-/m1/s1. The number of nitrogens with zero attached hydrogens (tertiary/aromatic N) is 1. The molecule has 0 bridgehead atoms. The largest absolute Gasteiger partial charge is 0.344 e. The quantitative estimate of drug-likeness (QED) is 0.773. The highest BCUT2D eigenvalue weighted by Crippen LogP contribution is 2.16. The number of nitrogens with one attached hydrogen (secondary N) is 3. The van der Waals surface area contributed by atoms with E-state index in [2.05, 4.69) is 20.8 Å². The number of amides is 2. The molecule has 0 radical (unpaired) electrons. The second kappa shape index (κ2) is 5.86. The first kappa shape index (κ1) is 13.6. The van der Waals surface area contributed by atoms with E-state index in [1.807, 2.05) is 19.9 Å². The summed E-state index contributed by atoms with van der Waals surface area (Å²) >= 11 is 0. The minimum absolute atomic E-state index is 0.0532. The molecule has 104 valence electrons. The van der Waals surface area contributed by atoms with Crippen LogP contribution in [-0.2, 0) is 9.59 Å². The summed E-state index contributed by atoms with van der Waals surface area (Å²) in [5.74, 6) is 0.586. The van der Waals surface area contributed by atoms with Crippen LogP contribution in [0.5, 0.6) is 0 Å². The molecule has 3 N–H and O–H groups in total. The fourth-order valence-corrected chi connectivity index (χ4v) is 2.08. The van der Waals surface area contributed by atoms with Gasteiger partial charge >= 0.3 is 0 Å². The summed E-state index contributed by atoms with van der Waals surface area (Å²) < 4.78 is 0. The van der Waals surface area contributed by atoms with Gasteiger partial charge in [-0.3, -0.25) is 14.7 Å². The van der Waals surface area contributed by atoms with Crippen LogP contribution in [0.3, 0.4) is 0 Å². The molecule has 2 rings (SSSR count). The highest BCUT2D eigenvalue weighted by atomic mass is 16.2. The van der Waals surface area contributed by atoms with Gasteiger partial charge in [-0.1, -0.05) is 20.3 Å². The van der Waals surface area contributed by atoms with Crippen molar-refractivity contribution in [3.8, 4) is 0 Å². The number of carbonyl (C=O) groups excluding carboxylic acids is 2. The van der Waals surface area contributed by atoms with E-state index in [9.17, 15) is 9.59 Å². The first-order valence-electron chi connectivity index (χ1n) is 6.72. The van der Waals surface area contributed by atoms with Crippen molar-refractivity contribution in [2.75, 3.05) is 5.32 Å². The van der Waals surface area contributed by atoms with Crippen LogP contribution in [-0.4, -0.2) is 28.1 Å². The van der Waals surface area contributed by atoms with E-state index in [-0.39, 0.29) is 11.8 Å². The maximum atomic E-state index is 12.1. The molecular weight excluding hydrogens is 244 g/mol. The molecule has 2 heterocycles. The number of hydrogen-bond donors (Lipinski definition) is 3. The second-order valence-corrected chi connectivity index (χ2v) is 5.22. The third-order valence-electron chi connectivity index (χ3n) is 3.27. The Hall–Kier alpha value is -1.85. The van der Waals surface area contributed by atoms with Crippen LogP contribution >= 0.6 is 0 Å². The first-order chi connectivity index (χ1) is 9.06. The molecule has 2 amide bonds. The summed E-state index contributed by atoms with van der Waals surface area (Å²) in [6, 6.07) is 1.37. The summed E-state index contributed by atoms with van der Waals surface area (Å²) in [5, 5.41) is 12.4. The lowest BCUT2D eigenvalue weighted by atomic mass is 10.1. The Kier molecular flexibility index (Phi) is 4.19. The van der Waals surface area contributed by atoms with Crippen LogP contribution in [0.4, 0.5) is 5.82 Å². The molecular formula is C13H20N4O2. The fourth-order valence-electron chi connectivity index (χ4n) is 2.08. The molecule has 6 heteroatoms. The Balaban J connectivity index is 1.97. The molecule has 1 aromatic rings. The van der Waals surface area contributed by atoms with Crippen molar-refractivity contribution in [3.63, 3.8) is 0 Å². The van der Waals surface area contributed by atoms with E-state index < -0.39 is 6.04 Å². The van der Waals surface area contributed by atoms with Gasteiger partial charge < -0.3 is 10.6 Å². The Bertz CT molecular complexity index is 467. The van der Waals surface area contributed by atoms with Gasteiger partial charge in [-0.05, 0) is 18.8 Å². The summed E-state index contributed by atoms with van der Waals surface area (Å²) in [4.78, 5) is 23.5. The smallest absolute Gasteiger partial charge is 0.248 e. The van der Waals surface area contributed by atoms with E-state index in [1.54, 1.807) is 0 Å². The number of aromatic amines is 1. The van der Waals surface area contributed by atoms with Crippen molar-refractivity contribution in [1.82, 2.24) is 15.5 Å². The predicted octanol–water partition coefficient (Wildman–Crippen LogP) is 1.53. The van der Waals surface area contributed by atoms with Crippen molar-refractivity contribution in [2.24, 2.45) is 0 Å². The van der Waals surface area contributed by atoms with Crippen LogP contribution in [0, 0.1) is 0 Å². The molecule has 1 saturated heterocycles. The van der Waals surface area contributed by atoms with Gasteiger partial charge in [-0.25, -0.2) is 0 Å². The van der Waals surface area contributed by atoms with Crippen LogP contribution in [0.15, 0.2) is 6.07 Å². The lowest BCUT2D eigenvalue weighted by molar-refractivity contribution is -0.126. The zero-order chi connectivity index (χ0) is 13.8. The summed E-state index contributed by atoms with van der Waals surface area (Å²) in [6.07, 6.45) is 2.91. The number of H-pyrrole nitrogens is 1. The van der Waals surface area contributed by atoms with E-state index >= 15 is 0 Å². The molecule has 1 aromatic heterocycles. The highest BCUT2D eigenvalue weighted by molar-refractivity contribution is 5.96. The molecule has 19 heavy (non-hydrogen) atoms. The van der Waals surface area contributed by atoms with Gasteiger partial charge in [-0.15, -0.1) is 0 Å². The van der Waals surface area contributed by atoms with Gasteiger partial charge in [0.2, 0.25) is 11.8 Å². The van der Waals surface area contributed by atoms with Gasteiger partial charge in [0.05, 0.1) is 0 Å². The zero-order valence-electron chi connectivity index (χ0n) is 11.3. The molecule has 1 fully saturated rings. The van der Waals surface area contributed by atoms with Gasteiger partial charge in [0.25, 0.3) is 0 Å². The van der Waals surface area contributed by atoms with Crippen molar-refractivity contribution < 1.29 is 9.59 Å². The Labute approximate surface area is 112 Å². The van der Waals surface area contributed by atoms with Crippen molar-refractivity contribution in [1.29, 1.82) is 0 Å². The molecule has 0 unspecified atom stereocenters. The van der Waals surface area contributed by atoms with Gasteiger partial charge in [0, 0.05) is 18.2 Å². The summed E-state index contributed by atoms with van der Waals surface area (Å²) in [7, 11) is 0. The third-order valence-corrected chi connectivity index (χ3v) is 3.27. The van der Waals surface area contributed by atoms with Crippen molar-refractivity contribution in [3.05, 3.63) is 11.8 Å². The number of rotatable bonds is 3. The van der Waals surface area contributed by atoms with Crippen LogP contribution in [0.25, 0.3) is 0 Å². The molecule has 1 aliphatic rings. The van der Waals surface area contributed by atoms with E-state index in [4.69, 9.17) is 0 Å². The number of aromatic nitrogens is 2. The highest BCUT2D eigenvalue weighted by Gasteiger charge is 2.23. The normalized spacial score (nSPS) is 19.9. The minimum atomic E-state index is -0.450. The molecule has 0 aliphatic carbocycles. The van der Waals surface area contributed by atoms with Crippen molar-refractivity contribution >= 4 is 17.6 Å². The Morgan fingerprint density at radius 2 is 2.26 bits per heavy atom. The molecule has 0 aromatic carbocycles. The van der Waals surface area contributed by atoms with Crippen LogP contribution < -0.4 is 10.6 Å². The average molecular weight is 264 g/mol.